The molecule has 9 heteroatoms. The van der Waals surface area contributed by atoms with E-state index in [2.05, 4.69) is 0 Å². The number of benzene rings is 1. The van der Waals surface area contributed by atoms with Crippen molar-refractivity contribution in [1.29, 1.82) is 0 Å². The number of carboxylic acids is 1. The minimum absolute atomic E-state index is 0.226. The Kier molecular flexibility index (Phi) is 4.57. The summed E-state index contributed by atoms with van der Waals surface area (Å²) >= 11 is 0. The van der Waals surface area contributed by atoms with E-state index in [1.807, 2.05) is 5.32 Å². The molecule has 1 amide bonds. The molecule has 5 nitrogen and oxygen atoms in total. The maximum atomic E-state index is 13.1. The number of amides is 1. The smallest absolute Gasteiger partial charge is 0.416 e. The number of hydrogen-bond acceptors (Lipinski definition) is 3. The van der Waals surface area contributed by atoms with Crippen molar-refractivity contribution in [3.05, 3.63) is 35.1 Å². The molecule has 0 radical (unpaired) electrons. The van der Waals surface area contributed by atoms with Crippen LogP contribution in [0.3, 0.4) is 0 Å². The highest BCUT2D eigenvalue weighted by Gasteiger charge is 2.33. The number of halogens is 4. The molecule has 0 saturated heterocycles. The zero-order chi connectivity index (χ0) is 16.4. The molecule has 1 rings (SSSR count). The van der Waals surface area contributed by atoms with E-state index in [1.165, 1.54) is 0 Å². The third kappa shape index (κ3) is 4.42. The molecule has 0 spiro atoms. The van der Waals surface area contributed by atoms with Crippen molar-refractivity contribution in [1.82, 2.24) is 5.32 Å². The van der Waals surface area contributed by atoms with Crippen LogP contribution >= 0.6 is 0 Å². The van der Waals surface area contributed by atoms with Crippen molar-refractivity contribution in [2.75, 3.05) is 6.54 Å². The second kappa shape index (κ2) is 5.68. The molecule has 0 heterocycles. The summed E-state index contributed by atoms with van der Waals surface area (Å²) in [6.07, 6.45) is -4.83. The van der Waals surface area contributed by atoms with E-state index in [9.17, 15) is 32.3 Å². The molecule has 0 aliphatic carbocycles. The number of nitrogens with one attached hydrogen (secondary N) is 1. The topological polar surface area (TPSA) is 86.6 Å². The van der Waals surface area contributed by atoms with Crippen LogP contribution in [0.15, 0.2) is 18.2 Å². The van der Waals surface area contributed by atoms with Gasteiger partial charge in [-0.3, -0.25) is 4.79 Å². The average molecular weight is 309 g/mol. The lowest BCUT2D eigenvalue weighted by Crippen LogP contribution is -2.46. The van der Waals surface area contributed by atoms with Crippen LogP contribution < -0.4 is 5.32 Å². The molecular formula is C12H11F4NO4. The monoisotopic (exact) mass is 309 g/mol. The van der Waals surface area contributed by atoms with Crippen molar-refractivity contribution in [2.24, 2.45) is 0 Å². The standard InChI is InChI=1S/C12H11F4NO4/c1-11(21,10(19)20)5-17-9(18)6-2-7(12(14,15)16)4-8(13)3-6/h2-4,21H,5H2,1H3,(H,17,18)(H,19,20). The normalized spacial score (nSPS) is 14.4. The Morgan fingerprint density at radius 2 is 1.81 bits per heavy atom. The van der Waals surface area contributed by atoms with Crippen LogP contribution in [0.2, 0.25) is 0 Å². The number of hydrogen-bond donors (Lipinski definition) is 3. The summed E-state index contributed by atoms with van der Waals surface area (Å²) in [6, 6.07) is 1.22. The van der Waals surface area contributed by atoms with Crippen molar-refractivity contribution in [3.8, 4) is 0 Å². The highest BCUT2D eigenvalue weighted by molar-refractivity contribution is 5.94. The Bertz CT molecular complexity index is 569. The minimum atomic E-state index is -4.83. The first-order chi connectivity index (χ1) is 9.43. The van der Waals surface area contributed by atoms with Gasteiger partial charge in [-0.15, -0.1) is 0 Å². The summed E-state index contributed by atoms with van der Waals surface area (Å²) in [5, 5.41) is 19.9. The summed E-state index contributed by atoms with van der Waals surface area (Å²) in [7, 11) is 0. The molecule has 0 aromatic heterocycles. The van der Waals surface area contributed by atoms with E-state index in [4.69, 9.17) is 5.11 Å². The molecule has 0 aliphatic heterocycles. The zero-order valence-electron chi connectivity index (χ0n) is 10.7. The number of aliphatic hydroxyl groups is 1. The number of aliphatic carboxylic acids is 1. The van der Waals surface area contributed by atoms with Gasteiger partial charge in [0.1, 0.15) is 5.82 Å². The average Bonchev–Trinajstić information content (AvgIpc) is 2.34. The van der Waals surface area contributed by atoms with Gasteiger partial charge in [0, 0.05) is 5.56 Å². The van der Waals surface area contributed by atoms with E-state index in [0.717, 1.165) is 6.92 Å². The Morgan fingerprint density at radius 3 is 2.29 bits per heavy atom. The number of alkyl halides is 3. The van der Waals surface area contributed by atoms with Crippen molar-refractivity contribution in [3.63, 3.8) is 0 Å². The number of rotatable bonds is 4. The van der Waals surface area contributed by atoms with E-state index in [0.29, 0.717) is 12.1 Å². The predicted octanol–water partition coefficient (Wildman–Crippen LogP) is 1.41. The number of carbonyl (C=O) groups excluding carboxylic acids is 1. The largest absolute Gasteiger partial charge is 0.479 e. The molecule has 116 valence electrons. The van der Waals surface area contributed by atoms with E-state index >= 15 is 0 Å². The summed E-state index contributed by atoms with van der Waals surface area (Å²) in [6.45, 7) is 0.140. The fourth-order valence-corrected chi connectivity index (χ4v) is 1.31. The first-order valence-electron chi connectivity index (χ1n) is 5.55. The van der Waals surface area contributed by atoms with Crippen LogP contribution in [0.25, 0.3) is 0 Å². The van der Waals surface area contributed by atoms with Gasteiger partial charge < -0.3 is 15.5 Å². The van der Waals surface area contributed by atoms with Gasteiger partial charge in [-0.1, -0.05) is 0 Å². The van der Waals surface area contributed by atoms with Crippen LogP contribution in [0.4, 0.5) is 17.6 Å². The predicted molar refractivity (Wildman–Crippen MR) is 62.0 cm³/mol. The van der Waals surface area contributed by atoms with Crippen LogP contribution in [0, 0.1) is 5.82 Å². The third-order valence-corrected chi connectivity index (χ3v) is 2.54. The first-order valence-corrected chi connectivity index (χ1v) is 5.55. The van der Waals surface area contributed by atoms with Gasteiger partial charge in [-0.25, -0.2) is 9.18 Å². The molecule has 1 aromatic rings. The zero-order valence-corrected chi connectivity index (χ0v) is 10.7. The summed E-state index contributed by atoms with van der Waals surface area (Å²) in [5.41, 5.74) is -4.28. The molecule has 0 saturated carbocycles. The lowest BCUT2D eigenvalue weighted by molar-refractivity contribution is -0.155. The molecule has 1 atom stereocenters. The molecule has 1 aromatic carbocycles. The number of carboxylic acid groups (broad SMARTS) is 1. The van der Waals surface area contributed by atoms with Crippen LogP contribution in [0.1, 0.15) is 22.8 Å². The third-order valence-electron chi connectivity index (χ3n) is 2.54. The maximum absolute atomic E-state index is 13.1. The van der Waals surface area contributed by atoms with Crippen LogP contribution in [-0.2, 0) is 11.0 Å². The molecule has 21 heavy (non-hydrogen) atoms. The summed E-state index contributed by atoms with van der Waals surface area (Å²) < 4.78 is 50.5. The lowest BCUT2D eigenvalue weighted by Gasteiger charge is -2.18. The maximum Gasteiger partial charge on any atom is 0.416 e. The van der Waals surface area contributed by atoms with Gasteiger partial charge in [-0.2, -0.15) is 13.2 Å². The second-order valence-electron chi connectivity index (χ2n) is 4.49. The van der Waals surface area contributed by atoms with Crippen LogP contribution in [-0.4, -0.2) is 34.2 Å². The highest BCUT2D eigenvalue weighted by Crippen LogP contribution is 2.30. The van der Waals surface area contributed by atoms with Gasteiger partial charge in [0.15, 0.2) is 5.60 Å². The molecule has 0 aliphatic rings. The van der Waals surface area contributed by atoms with E-state index in [-0.39, 0.29) is 6.07 Å². The minimum Gasteiger partial charge on any atom is -0.479 e. The van der Waals surface area contributed by atoms with E-state index in [1.54, 1.807) is 0 Å². The van der Waals surface area contributed by atoms with Crippen LogP contribution in [0.5, 0.6) is 0 Å². The quantitative estimate of drug-likeness (QED) is 0.734. The summed E-state index contributed by atoms with van der Waals surface area (Å²) in [4.78, 5) is 22.2. The van der Waals surface area contributed by atoms with Gasteiger partial charge in [0.2, 0.25) is 0 Å². The van der Waals surface area contributed by atoms with Gasteiger partial charge in [-0.05, 0) is 25.1 Å². The summed E-state index contributed by atoms with van der Waals surface area (Å²) in [5.74, 6) is -4.03. The SMILES string of the molecule is CC(O)(CNC(=O)c1cc(F)cc(C(F)(F)F)c1)C(=O)O. The fraction of sp³-hybridized carbons (Fsp3) is 0.333. The van der Waals surface area contributed by atoms with Crippen molar-refractivity contribution >= 4 is 11.9 Å². The van der Waals surface area contributed by atoms with Gasteiger partial charge in [0.05, 0.1) is 12.1 Å². The number of carbonyl (C=O) groups is 2. The van der Waals surface area contributed by atoms with Gasteiger partial charge >= 0.3 is 12.1 Å². The fourth-order valence-electron chi connectivity index (χ4n) is 1.31. The molecule has 0 fully saturated rings. The molecular weight excluding hydrogens is 298 g/mol. The van der Waals surface area contributed by atoms with Crippen molar-refractivity contribution in [2.45, 2.75) is 18.7 Å². The first kappa shape index (κ1) is 16.9. The van der Waals surface area contributed by atoms with E-state index < -0.39 is 47.1 Å². The molecule has 0 bridgehead atoms. The highest BCUT2D eigenvalue weighted by atomic mass is 19.4. The second-order valence-corrected chi connectivity index (χ2v) is 4.49. The molecule has 3 N–H and O–H groups in total. The van der Waals surface area contributed by atoms with Gasteiger partial charge in [0.25, 0.3) is 5.91 Å². The Balaban J connectivity index is 2.94. The Labute approximate surface area is 116 Å². The Hall–Kier alpha value is -2.16. The van der Waals surface area contributed by atoms with Crippen molar-refractivity contribution < 1.29 is 37.4 Å². The molecule has 1 unspecified atom stereocenters. The lowest BCUT2D eigenvalue weighted by atomic mass is 10.1. The Morgan fingerprint density at radius 1 is 1.24 bits per heavy atom.